The average Bonchev–Trinajstić information content (AvgIpc) is 3.17. The fourth-order valence-electron chi connectivity index (χ4n) is 5.80. The van der Waals surface area contributed by atoms with Crippen LogP contribution in [0.3, 0.4) is 0 Å². The molecule has 2 aliphatic heterocycles. The Balaban J connectivity index is 1.66. The second kappa shape index (κ2) is 10.0. The Morgan fingerprint density at radius 2 is 2.03 bits per heavy atom. The number of fused-ring (bicyclic) bond motifs is 1. The SMILES string of the molecule is COCC(C)(O)c1cc(NC2NN([C@H]3CCCC[C@@H]3C#N)C3CCNC(=O)C23)ccc1S(C)(=O)=O. The van der Waals surface area contributed by atoms with Gasteiger partial charge < -0.3 is 20.5 Å². The fraction of sp³-hybridized carbons (Fsp3) is 0.667. The molecular weight excluding hydrogens is 470 g/mol. The standard InChI is InChI=1S/C24H35N5O5S/c1-24(31,14-34-2)17-12-16(8-9-20(17)35(3,32)33)27-22-21-19(10-11-26-23(21)30)29(28-22)18-7-5-4-6-15(18)13-25/h8-9,12,15,18-19,21-22,27-28,31H,4-7,10-11,14H2,1-3H3,(H,26,30)/t15-,18+,19?,21?,22?,24?/m1/s1. The monoisotopic (exact) mass is 505 g/mol. The zero-order valence-corrected chi connectivity index (χ0v) is 21.3. The maximum Gasteiger partial charge on any atom is 0.228 e. The highest BCUT2D eigenvalue weighted by Gasteiger charge is 2.51. The molecule has 0 radical (unpaired) electrons. The highest BCUT2D eigenvalue weighted by atomic mass is 32.2. The van der Waals surface area contributed by atoms with E-state index in [1.54, 1.807) is 12.1 Å². The van der Waals surface area contributed by atoms with Crippen molar-refractivity contribution in [3.05, 3.63) is 23.8 Å². The summed E-state index contributed by atoms with van der Waals surface area (Å²) in [6.45, 7) is 2.01. The molecule has 192 valence electrons. The van der Waals surface area contributed by atoms with Gasteiger partial charge in [0.1, 0.15) is 11.8 Å². The van der Waals surface area contributed by atoms with Crippen molar-refractivity contribution < 1.29 is 23.1 Å². The lowest BCUT2D eigenvalue weighted by atomic mass is 9.83. The molecule has 3 fully saturated rings. The minimum absolute atomic E-state index is 0.0264. The highest BCUT2D eigenvalue weighted by Crippen LogP contribution is 2.37. The second-order valence-corrected chi connectivity index (χ2v) is 12.1. The number of hydrogen-bond donors (Lipinski definition) is 4. The number of methoxy groups -OCH3 is 1. The Hall–Kier alpha value is -2.23. The average molecular weight is 506 g/mol. The molecule has 1 amide bonds. The van der Waals surface area contributed by atoms with E-state index in [4.69, 9.17) is 4.74 Å². The largest absolute Gasteiger partial charge is 0.383 e. The first-order valence-corrected chi connectivity index (χ1v) is 14.0. The van der Waals surface area contributed by atoms with Crippen LogP contribution in [-0.2, 0) is 25.0 Å². The maximum atomic E-state index is 12.9. The molecule has 4 unspecified atom stereocenters. The molecule has 1 saturated carbocycles. The summed E-state index contributed by atoms with van der Waals surface area (Å²) in [4.78, 5) is 13.0. The van der Waals surface area contributed by atoms with E-state index in [1.165, 1.54) is 20.1 Å². The summed E-state index contributed by atoms with van der Waals surface area (Å²) in [6.07, 6.45) is 5.26. The fourth-order valence-corrected chi connectivity index (χ4v) is 6.79. The Morgan fingerprint density at radius 3 is 2.71 bits per heavy atom. The van der Waals surface area contributed by atoms with Gasteiger partial charge in [-0.15, -0.1) is 0 Å². The quantitative estimate of drug-likeness (QED) is 0.428. The Morgan fingerprint density at radius 1 is 1.29 bits per heavy atom. The van der Waals surface area contributed by atoms with Gasteiger partial charge in [0.2, 0.25) is 5.91 Å². The Kier molecular flexibility index (Phi) is 7.41. The Bertz CT molecular complexity index is 1100. The summed E-state index contributed by atoms with van der Waals surface area (Å²) in [5.74, 6) is -0.537. The first-order valence-electron chi connectivity index (χ1n) is 12.1. The van der Waals surface area contributed by atoms with E-state index in [9.17, 15) is 23.6 Å². The van der Waals surface area contributed by atoms with Crippen molar-refractivity contribution in [2.24, 2.45) is 11.8 Å². The molecule has 35 heavy (non-hydrogen) atoms. The van der Waals surface area contributed by atoms with Crippen molar-refractivity contribution in [2.45, 2.75) is 67.8 Å². The van der Waals surface area contributed by atoms with E-state index in [2.05, 4.69) is 27.1 Å². The number of carbonyl (C=O) groups is 1. The molecule has 2 heterocycles. The van der Waals surface area contributed by atoms with E-state index >= 15 is 0 Å². The van der Waals surface area contributed by atoms with Crippen molar-refractivity contribution in [1.29, 1.82) is 5.26 Å². The van der Waals surface area contributed by atoms with Crippen LogP contribution in [0.1, 0.15) is 44.6 Å². The van der Waals surface area contributed by atoms with E-state index < -0.39 is 21.6 Å². The van der Waals surface area contributed by atoms with Crippen molar-refractivity contribution >= 4 is 21.4 Å². The zero-order chi connectivity index (χ0) is 25.4. The number of amides is 1. The normalized spacial score (nSPS) is 31.2. The molecule has 0 spiro atoms. The van der Waals surface area contributed by atoms with Crippen molar-refractivity contribution in [3.63, 3.8) is 0 Å². The predicted molar refractivity (Wildman–Crippen MR) is 130 cm³/mol. The summed E-state index contributed by atoms with van der Waals surface area (Å²) in [5, 5.41) is 29.1. The number of sulfone groups is 1. The van der Waals surface area contributed by atoms with Gasteiger partial charge in [0.25, 0.3) is 0 Å². The highest BCUT2D eigenvalue weighted by molar-refractivity contribution is 7.90. The smallest absolute Gasteiger partial charge is 0.228 e. The summed E-state index contributed by atoms with van der Waals surface area (Å²) in [6, 6.07) is 7.16. The minimum atomic E-state index is -3.60. The first-order chi connectivity index (χ1) is 16.6. The van der Waals surface area contributed by atoms with Gasteiger partial charge in [0, 0.05) is 43.2 Å². The molecule has 1 aromatic carbocycles. The van der Waals surface area contributed by atoms with Gasteiger partial charge in [0.05, 0.1) is 29.4 Å². The van der Waals surface area contributed by atoms with Crippen molar-refractivity contribution in [3.8, 4) is 6.07 Å². The summed E-state index contributed by atoms with van der Waals surface area (Å²) in [5.41, 5.74) is 2.74. The summed E-state index contributed by atoms with van der Waals surface area (Å²) >= 11 is 0. The van der Waals surface area contributed by atoms with Crippen LogP contribution in [0.2, 0.25) is 0 Å². The number of hydrazine groups is 1. The lowest BCUT2D eigenvalue weighted by Crippen LogP contribution is -2.54. The third kappa shape index (κ3) is 5.17. The number of hydrogen-bond acceptors (Lipinski definition) is 9. The molecule has 3 aliphatic rings. The number of aliphatic hydroxyl groups is 1. The molecule has 0 bridgehead atoms. The van der Waals surface area contributed by atoms with Crippen LogP contribution >= 0.6 is 0 Å². The second-order valence-electron chi connectivity index (χ2n) is 10.1. The van der Waals surface area contributed by atoms with E-state index in [-0.39, 0.29) is 46.9 Å². The van der Waals surface area contributed by atoms with Crippen LogP contribution in [0.15, 0.2) is 23.1 Å². The van der Waals surface area contributed by atoms with Gasteiger partial charge in [-0.05, 0) is 44.4 Å². The number of nitrogens with zero attached hydrogens (tertiary/aromatic N) is 2. The number of ether oxygens (including phenoxy) is 1. The molecule has 4 N–H and O–H groups in total. The van der Waals surface area contributed by atoms with Gasteiger partial charge >= 0.3 is 0 Å². The van der Waals surface area contributed by atoms with E-state index in [0.717, 1.165) is 38.4 Å². The van der Waals surface area contributed by atoms with Crippen LogP contribution in [0.25, 0.3) is 0 Å². The summed E-state index contributed by atoms with van der Waals surface area (Å²) in [7, 11) is -2.16. The lowest BCUT2D eigenvalue weighted by molar-refractivity contribution is -0.128. The molecule has 6 atom stereocenters. The van der Waals surface area contributed by atoms with Gasteiger partial charge in [-0.3, -0.25) is 4.79 Å². The molecule has 4 rings (SSSR count). The van der Waals surface area contributed by atoms with Crippen molar-refractivity contribution in [1.82, 2.24) is 15.8 Å². The van der Waals surface area contributed by atoms with Gasteiger partial charge in [-0.25, -0.2) is 18.9 Å². The third-order valence-corrected chi connectivity index (χ3v) is 8.58. The van der Waals surface area contributed by atoms with Crippen LogP contribution < -0.4 is 16.1 Å². The van der Waals surface area contributed by atoms with Crippen LogP contribution in [0.4, 0.5) is 5.69 Å². The number of nitrogens with one attached hydrogen (secondary N) is 3. The van der Waals surface area contributed by atoms with E-state index in [0.29, 0.717) is 12.2 Å². The minimum Gasteiger partial charge on any atom is -0.383 e. The first kappa shape index (κ1) is 25.9. The maximum absolute atomic E-state index is 12.9. The number of benzene rings is 1. The number of anilines is 1. The molecular formula is C24H35N5O5S. The van der Waals surface area contributed by atoms with Gasteiger partial charge in [0.15, 0.2) is 9.84 Å². The number of piperidine rings is 1. The molecule has 11 heteroatoms. The molecule has 2 saturated heterocycles. The number of nitriles is 1. The molecule has 0 aromatic heterocycles. The topological polar surface area (TPSA) is 144 Å². The predicted octanol–water partition coefficient (Wildman–Crippen LogP) is 1.09. The van der Waals surface area contributed by atoms with Crippen LogP contribution in [-0.4, -0.2) is 69.2 Å². The zero-order valence-electron chi connectivity index (χ0n) is 20.5. The van der Waals surface area contributed by atoms with Crippen molar-refractivity contribution in [2.75, 3.05) is 31.8 Å². The third-order valence-electron chi connectivity index (χ3n) is 7.42. The summed E-state index contributed by atoms with van der Waals surface area (Å²) < 4.78 is 29.9. The number of carbonyl (C=O) groups excluding carboxylic acids is 1. The number of rotatable bonds is 7. The van der Waals surface area contributed by atoms with E-state index in [1.807, 2.05) is 0 Å². The van der Waals surface area contributed by atoms with Gasteiger partial charge in [-0.2, -0.15) is 5.26 Å². The molecule has 1 aliphatic carbocycles. The molecule has 1 aromatic rings. The van der Waals surface area contributed by atoms with Crippen LogP contribution in [0.5, 0.6) is 0 Å². The molecule has 10 nitrogen and oxygen atoms in total. The van der Waals surface area contributed by atoms with Crippen LogP contribution in [0, 0.1) is 23.2 Å². The van der Waals surface area contributed by atoms with Gasteiger partial charge in [-0.1, -0.05) is 12.8 Å². The Labute approximate surface area is 206 Å². The lowest BCUT2D eigenvalue weighted by Gasteiger charge is -2.39.